The predicted molar refractivity (Wildman–Crippen MR) is 72.4 cm³/mol. The van der Waals surface area contributed by atoms with E-state index >= 15 is 0 Å². The molecule has 1 N–H and O–H groups in total. The Morgan fingerprint density at radius 1 is 1.44 bits per heavy atom. The highest BCUT2D eigenvalue weighted by atomic mass is 16.5. The van der Waals surface area contributed by atoms with Crippen molar-refractivity contribution in [1.82, 2.24) is 5.32 Å². The van der Waals surface area contributed by atoms with Crippen molar-refractivity contribution in [2.45, 2.75) is 46.8 Å². The third-order valence-corrected chi connectivity index (χ3v) is 3.23. The van der Waals surface area contributed by atoms with E-state index in [4.69, 9.17) is 9.15 Å². The zero-order chi connectivity index (χ0) is 13.0. The Labute approximate surface area is 110 Å². The molecule has 1 aliphatic carbocycles. The van der Waals surface area contributed by atoms with Crippen molar-refractivity contribution in [3.8, 4) is 0 Å². The molecule has 0 radical (unpaired) electrons. The SMILES string of the molecule is Cc1oc(CNCC(C)C)cc1COCC1CC1. The van der Waals surface area contributed by atoms with Gasteiger partial charge in [0.1, 0.15) is 11.5 Å². The van der Waals surface area contributed by atoms with Gasteiger partial charge in [0, 0.05) is 12.2 Å². The van der Waals surface area contributed by atoms with Crippen molar-refractivity contribution in [1.29, 1.82) is 0 Å². The molecule has 2 rings (SSSR count). The largest absolute Gasteiger partial charge is 0.465 e. The van der Waals surface area contributed by atoms with Crippen LogP contribution in [0.15, 0.2) is 10.5 Å². The van der Waals surface area contributed by atoms with E-state index < -0.39 is 0 Å². The summed E-state index contributed by atoms with van der Waals surface area (Å²) in [5.41, 5.74) is 1.19. The minimum Gasteiger partial charge on any atom is -0.465 e. The smallest absolute Gasteiger partial charge is 0.118 e. The third-order valence-electron chi connectivity index (χ3n) is 3.23. The molecule has 0 aromatic carbocycles. The van der Waals surface area contributed by atoms with Gasteiger partial charge in [0.05, 0.1) is 13.2 Å². The Morgan fingerprint density at radius 3 is 2.89 bits per heavy atom. The Morgan fingerprint density at radius 2 is 2.22 bits per heavy atom. The van der Waals surface area contributed by atoms with Gasteiger partial charge in [0.15, 0.2) is 0 Å². The fraction of sp³-hybridized carbons (Fsp3) is 0.733. The molecule has 1 fully saturated rings. The van der Waals surface area contributed by atoms with Gasteiger partial charge in [-0.3, -0.25) is 0 Å². The minimum atomic E-state index is 0.669. The standard InChI is InChI=1S/C15H25NO2/c1-11(2)7-16-8-15-6-14(12(3)18-15)10-17-9-13-4-5-13/h6,11,13,16H,4-5,7-10H2,1-3H3. The summed E-state index contributed by atoms with van der Waals surface area (Å²) in [5, 5.41) is 3.39. The Balaban J connectivity index is 1.74. The van der Waals surface area contributed by atoms with Gasteiger partial charge >= 0.3 is 0 Å². The van der Waals surface area contributed by atoms with E-state index in [0.29, 0.717) is 12.5 Å². The second-order valence-corrected chi connectivity index (χ2v) is 5.78. The number of hydrogen-bond acceptors (Lipinski definition) is 3. The van der Waals surface area contributed by atoms with E-state index in [-0.39, 0.29) is 0 Å². The van der Waals surface area contributed by atoms with Gasteiger partial charge < -0.3 is 14.5 Å². The molecular weight excluding hydrogens is 226 g/mol. The number of aryl methyl sites for hydroxylation is 1. The van der Waals surface area contributed by atoms with Crippen LogP contribution in [0.25, 0.3) is 0 Å². The van der Waals surface area contributed by atoms with E-state index in [1.165, 1.54) is 18.4 Å². The number of furan rings is 1. The van der Waals surface area contributed by atoms with Crippen molar-refractivity contribution in [3.05, 3.63) is 23.2 Å². The molecule has 0 amide bonds. The minimum absolute atomic E-state index is 0.669. The highest BCUT2D eigenvalue weighted by molar-refractivity contribution is 5.19. The van der Waals surface area contributed by atoms with E-state index in [1.807, 2.05) is 6.92 Å². The number of hydrogen-bond donors (Lipinski definition) is 1. The normalized spacial score (nSPS) is 15.6. The second kappa shape index (κ2) is 6.39. The highest BCUT2D eigenvalue weighted by Gasteiger charge is 2.21. The van der Waals surface area contributed by atoms with E-state index in [1.54, 1.807) is 0 Å². The summed E-state index contributed by atoms with van der Waals surface area (Å²) in [6.45, 7) is 9.85. The number of nitrogens with one attached hydrogen (secondary N) is 1. The van der Waals surface area contributed by atoms with Gasteiger partial charge in [-0.25, -0.2) is 0 Å². The lowest BCUT2D eigenvalue weighted by molar-refractivity contribution is 0.110. The Hall–Kier alpha value is -0.800. The summed E-state index contributed by atoms with van der Waals surface area (Å²) in [7, 11) is 0. The van der Waals surface area contributed by atoms with Crippen molar-refractivity contribution in [2.24, 2.45) is 11.8 Å². The first-order chi connectivity index (χ1) is 8.65. The van der Waals surface area contributed by atoms with E-state index in [2.05, 4.69) is 25.2 Å². The quantitative estimate of drug-likeness (QED) is 0.770. The molecule has 102 valence electrons. The summed E-state index contributed by atoms with van der Waals surface area (Å²) in [6.07, 6.45) is 2.68. The average Bonchev–Trinajstić information content (AvgIpc) is 3.04. The molecule has 0 unspecified atom stereocenters. The lowest BCUT2D eigenvalue weighted by atomic mass is 10.2. The molecule has 0 aliphatic heterocycles. The summed E-state index contributed by atoms with van der Waals surface area (Å²) in [4.78, 5) is 0. The Kier molecular flexibility index (Phi) is 4.84. The molecule has 18 heavy (non-hydrogen) atoms. The Bertz CT molecular complexity index is 367. The summed E-state index contributed by atoms with van der Waals surface area (Å²) < 4.78 is 11.4. The van der Waals surface area contributed by atoms with Crippen LogP contribution < -0.4 is 5.32 Å². The topological polar surface area (TPSA) is 34.4 Å². The zero-order valence-corrected chi connectivity index (χ0v) is 11.8. The molecule has 0 saturated heterocycles. The van der Waals surface area contributed by atoms with Gasteiger partial charge in [-0.15, -0.1) is 0 Å². The first-order valence-corrected chi connectivity index (χ1v) is 7.01. The van der Waals surface area contributed by atoms with Gasteiger partial charge in [-0.2, -0.15) is 0 Å². The van der Waals surface area contributed by atoms with Crippen LogP contribution in [0.5, 0.6) is 0 Å². The summed E-state index contributed by atoms with van der Waals surface area (Å²) >= 11 is 0. The molecular formula is C15H25NO2. The van der Waals surface area contributed by atoms with Crippen LogP contribution in [-0.2, 0) is 17.9 Å². The van der Waals surface area contributed by atoms with Gasteiger partial charge in [0.25, 0.3) is 0 Å². The molecule has 1 saturated carbocycles. The summed E-state index contributed by atoms with van der Waals surface area (Å²) in [6, 6.07) is 2.12. The molecule has 3 heteroatoms. The lowest BCUT2D eigenvalue weighted by Crippen LogP contribution is -2.18. The third kappa shape index (κ3) is 4.46. The van der Waals surface area contributed by atoms with Crippen LogP contribution >= 0.6 is 0 Å². The first-order valence-electron chi connectivity index (χ1n) is 7.01. The molecule has 1 aromatic heterocycles. The average molecular weight is 251 g/mol. The van der Waals surface area contributed by atoms with Crippen molar-refractivity contribution < 1.29 is 9.15 Å². The van der Waals surface area contributed by atoms with Crippen LogP contribution in [0.1, 0.15) is 43.8 Å². The van der Waals surface area contributed by atoms with Crippen molar-refractivity contribution >= 4 is 0 Å². The van der Waals surface area contributed by atoms with Crippen LogP contribution in [0, 0.1) is 18.8 Å². The van der Waals surface area contributed by atoms with E-state index in [0.717, 1.165) is 37.1 Å². The number of ether oxygens (including phenoxy) is 1. The van der Waals surface area contributed by atoms with Crippen LogP contribution in [0.3, 0.4) is 0 Å². The maximum atomic E-state index is 5.73. The van der Waals surface area contributed by atoms with Crippen LogP contribution in [0.2, 0.25) is 0 Å². The van der Waals surface area contributed by atoms with E-state index in [9.17, 15) is 0 Å². The van der Waals surface area contributed by atoms with Crippen molar-refractivity contribution in [2.75, 3.05) is 13.2 Å². The number of rotatable bonds is 8. The molecule has 3 nitrogen and oxygen atoms in total. The first kappa shape index (κ1) is 13.6. The molecule has 0 bridgehead atoms. The lowest BCUT2D eigenvalue weighted by Gasteiger charge is -2.04. The molecule has 1 heterocycles. The van der Waals surface area contributed by atoms with Gasteiger partial charge in [-0.1, -0.05) is 13.8 Å². The van der Waals surface area contributed by atoms with Gasteiger partial charge in [-0.05, 0) is 44.2 Å². The monoisotopic (exact) mass is 251 g/mol. The van der Waals surface area contributed by atoms with Gasteiger partial charge in [0.2, 0.25) is 0 Å². The van der Waals surface area contributed by atoms with Crippen LogP contribution in [-0.4, -0.2) is 13.2 Å². The van der Waals surface area contributed by atoms with Crippen molar-refractivity contribution in [3.63, 3.8) is 0 Å². The molecule has 0 atom stereocenters. The zero-order valence-electron chi connectivity index (χ0n) is 11.8. The fourth-order valence-electron chi connectivity index (χ4n) is 1.92. The molecule has 0 spiro atoms. The molecule has 1 aromatic rings. The second-order valence-electron chi connectivity index (χ2n) is 5.78. The molecule has 1 aliphatic rings. The maximum Gasteiger partial charge on any atom is 0.118 e. The predicted octanol–water partition coefficient (Wildman–Crippen LogP) is 3.26. The highest BCUT2D eigenvalue weighted by Crippen LogP contribution is 2.29. The fourth-order valence-corrected chi connectivity index (χ4v) is 1.92. The summed E-state index contributed by atoms with van der Waals surface area (Å²) in [5.74, 6) is 3.50. The maximum absolute atomic E-state index is 5.73. The van der Waals surface area contributed by atoms with Crippen LogP contribution in [0.4, 0.5) is 0 Å².